The van der Waals surface area contributed by atoms with Crippen molar-refractivity contribution >= 4 is 17.3 Å². The van der Waals surface area contributed by atoms with Crippen LogP contribution in [0.4, 0.5) is 0 Å². The van der Waals surface area contributed by atoms with Crippen LogP contribution in [0, 0.1) is 12.8 Å². The van der Waals surface area contributed by atoms with Gasteiger partial charge in [0.25, 0.3) is 0 Å². The van der Waals surface area contributed by atoms with Crippen LogP contribution < -0.4 is 4.74 Å². The molecule has 0 spiro atoms. The third-order valence-electron chi connectivity index (χ3n) is 4.93. The summed E-state index contributed by atoms with van der Waals surface area (Å²) >= 11 is 0. The van der Waals surface area contributed by atoms with E-state index in [0.717, 1.165) is 22.3 Å². The number of methoxy groups -OCH3 is 1. The van der Waals surface area contributed by atoms with Crippen LogP contribution in [0.15, 0.2) is 54.6 Å². The molecule has 0 bridgehead atoms. The molecule has 0 aliphatic heterocycles. The fraction of sp³-hybridized carbons (Fsp3) is 0.304. The molecular weight excluding hydrogens is 340 g/mol. The van der Waals surface area contributed by atoms with E-state index in [4.69, 9.17) is 9.47 Å². The molecule has 4 heteroatoms. The van der Waals surface area contributed by atoms with Crippen LogP contribution in [0.25, 0.3) is 5.57 Å². The third kappa shape index (κ3) is 3.95. The van der Waals surface area contributed by atoms with Crippen molar-refractivity contribution in [3.63, 3.8) is 0 Å². The number of rotatable bonds is 5. The summed E-state index contributed by atoms with van der Waals surface area (Å²) in [4.78, 5) is 25.5. The molecule has 1 aliphatic rings. The third-order valence-corrected chi connectivity index (χ3v) is 4.93. The average molecular weight is 364 g/mol. The molecule has 0 N–H and O–H groups in total. The quantitative estimate of drug-likeness (QED) is 0.586. The molecule has 2 aromatic carbocycles. The molecule has 1 aliphatic carbocycles. The van der Waals surface area contributed by atoms with Gasteiger partial charge in [-0.3, -0.25) is 9.59 Å². The van der Waals surface area contributed by atoms with Crippen LogP contribution in [0.5, 0.6) is 5.75 Å². The minimum atomic E-state index is -0.815. The Morgan fingerprint density at radius 3 is 2.63 bits per heavy atom. The summed E-state index contributed by atoms with van der Waals surface area (Å²) in [6.45, 7) is 4.01. The number of esters is 1. The van der Waals surface area contributed by atoms with E-state index in [-0.39, 0.29) is 18.3 Å². The van der Waals surface area contributed by atoms with Crippen molar-refractivity contribution in [1.82, 2.24) is 0 Å². The molecule has 0 amide bonds. The van der Waals surface area contributed by atoms with Crippen molar-refractivity contribution < 1.29 is 19.1 Å². The van der Waals surface area contributed by atoms with E-state index >= 15 is 0 Å². The maximum absolute atomic E-state index is 12.9. The van der Waals surface area contributed by atoms with Gasteiger partial charge in [-0.25, -0.2) is 0 Å². The number of hydrogen-bond acceptors (Lipinski definition) is 4. The van der Waals surface area contributed by atoms with Gasteiger partial charge in [-0.05, 0) is 43.5 Å². The number of allylic oxidation sites excluding steroid dienone is 2. The number of ether oxygens (including phenoxy) is 2. The number of benzene rings is 2. The molecule has 4 nitrogen and oxygen atoms in total. The van der Waals surface area contributed by atoms with Crippen molar-refractivity contribution in [3.8, 4) is 5.75 Å². The van der Waals surface area contributed by atoms with E-state index in [2.05, 4.69) is 0 Å². The van der Waals surface area contributed by atoms with E-state index in [1.54, 1.807) is 20.1 Å². The largest absolute Gasteiger partial charge is 0.496 e. The summed E-state index contributed by atoms with van der Waals surface area (Å²) in [5.41, 5.74) is 3.83. The van der Waals surface area contributed by atoms with E-state index in [1.165, 1.54) is 0 Å². The van der Waals surface area contributed by atoms with Crippen LogP contribution in [0.3, 0.4) is 0 Å². The van der Waals surface area contributed by atoms with Gasteiger partial charge in [0.15, 0.2) is 5.78 Å². The summed E-state index contributed by atoms with van der Waals surface area (Å²) in [6.07, 6.45) is 2.14. The Kier molecular flexibility index (Phi) is 5.75. The van der Waals surface area contributed by atoms with Crippen molar-refractivity contribution in [2.45, 2.75) is 26.2 Å². The van der Waals surface area contributed by atoms with Gasteiger partial charge < -0.3 is 9.47 Å². The highest BCUT2D eigenvalue weighted by atomic mass is 16.5. The van der Waals surface area contributed by atoms with E-state index in [9.17, 15) is 9.59 Å². The predicted molar refractivity (Wildman–Crippen MR) is 105 cm³/mol. The summed E-state index contributed by atoms with van der Waals surface area (Å²) in [5, 5.41) is 0. The Hall–Kier alpha value is -2.88. The van der Waals surface area contributed by atoms with Gasteiger partial charge in [-0.2, -0.15) is 0 Å². The molecular formula is C23H24O4. The summed E-state index contributed by atoms with van der Waals surface area (Å²) in [5.74, 6) is -1.03. The second-order valence-corrected chi connectivity index (χ2v) is 6.73. The van der Waals surface area contributed by atoms with E-state index in [1.807, 2.05) is 55.5 Å². The zero-order valence-electron chi connectivity index (χ0n) is 15.9. The molecule has 0 saturated heterocycles. The highest BCUT2D eigenvalue weighted by Gasteiger charge is 2.40. The van der Waals surface area contributed by atoms with Gasteiger partial charge in [0.2, 0.25) is 0 Å². The maximum atomic E-state index is 12.9. The lowest BCUT2D eigenvalue weighted by Crippen LogP contribution is -2.34. The van der Waals surface area contributed by atoms with Gasteiger partial charge in [0, 0.05) is 11.5 Å². The normalized spacial score (nSPS) is 19.4. The minimum absolute atomic E-state index is 0.216. The Balaban J connectivity index is 2.07. The Bertz CT molecular complexity index is 881. The number of aryl methyl sites for hydroxylation is 1. The van der Waals surface area contributed by atoms with Gasteiger partial charge >= 0.3 is 5.97 Å². The van der Waals surface area contributed by atoms with Gasteiger partial charge in [-0.15, -0.1) is 0 Å². The molecule has 0 fully saturated rings. The van der Waals surface area contributed by atoms with Gasteiger partial charge in [0.1, 0.15) is 11.7 Å². The van der Waals surface area contributed by atoms with Crippen LogP contribution in [0.1, 0.15) is 36.0 Å². The highest BCUT2D eigenvalue weighted by Crippen LogP contribution is 2.42. The number of carbonyl (C=O) groups excluding carboxylic acids is 2. The fourth-order valence-electron chi connectivity index (χ4n) is 3.69. The molecule has 2 aromatic rings. The minimum Gasteiger partial charge on any atom is -0.496 e. The lowest BCUT2D eigenvalue weighted by molar-refractivity contribution is -0.151. The Labute approximate surface area is 159 Å². The molecule has 0 heterocycles. The van der Waals surface area contributed by atoms with E-state index in [0.29, 0.717) is 12.2 Å². The van der Waals surface area contributed by atoms with E-state index < -0.39 is 11.9 Å². The molecule has 0 radical (unpaired) electrons. The smallest absolute Gasteiger partial charge is 0.317 e. The number of hydrogen-bond donors (Lipinski definition) is 0. The first-order valence-corrected chi connectivity index (χ1v) is 9.16. The first-order chi connectivity index (χ1) is 13.0. The van der Waals surface area contributed by atoms with Crippen molar-refractivity contribution in [1.29, 1.82) is 0 Å². The molecule has 140 valence electrons. The first kappa shape index (κ1) is 18.9. The lowest BCUT2D eigenvalue weighted by Gasteiger charge is -2.30. The molecule has 0 unspecified atom stereocenters. The van der Waals surface area contributed by atoms with Crippen LogP contribution in [-0.2, 0) is 14.3 Å². The first-order valence-electron chi connectivity index (χ1n) is 9.16. The monoisotopic (exact) mass is 364 g/mol. The summed E-state index contributed by atoms with van der Waals surface area (Å²) in [6, 6.07) is 15.6. The fourth-order valence-corrected chi connectivity index (χ4v) is 3.69. The van der Waals surface area contributed by atoms with Crippen LogP contribution >= 0.6 is 0 Å². The standard InChI is InChI=1S/C23H24O4/c1-4-27-23(25)22-19(16-9-7-8-15(2)12-16)13-17(14-20(22)24)18-10-5-6-11-21(18)26-3/h5-12,14,19,22H,4,13H2,1-3H3/t19-,22-/m1/s1. The zero-order valence-corrected chi connectivity index (χ0v) is 15.9. The van der Waals surface area contributed by atoms with Crippen LogP contribution in [-0.4, -0.2) is 25.5 Å². The molecule has 2 atom stereocenters. The second kappa shape index (κ2) is 8.21. The zero-order chi connectivity index (χ0) is 19.4. The summed E-state index contributed by atoms with van der Waals surface area (Å²) in [7, 11) is 1.61. The average Bonchev–Trinajstić information content (AvgIpc) is 2.67. The molecule has 3 rings (SSSR count). The van der Waals surface area contributed by atoms with Crippen LogP contribution in [0.2, 0.25) is 0 Å². The number of ketones is 1. The SMILES string of the molecule is CCOC(=O)[C@H]1C(=O)C=C(c2ccccc2OC)C[C@@H]1c1cccc(C)c1. The molecule has 27 heavy (non-hydrogen) atoms. The molecule has 0 saturated carbocycles. The molecule has 0 aromatic heterocycles. The van der Waals surface area contributed by atoms with Gasteiger partial charge in [-0.1, -0.05) is 48.0 Å². The predicted octanol–water partition coefficient (Wildman–Crippen LogP) is 4.32. The highest BCUT2D eigenvalue weighted by molar-refractivity contribution is 6.11. The van der Waals surface area contributed by atoms with Gasteiger partial charge in [0.05, 0.1) is 13.7 Å². The Morgan fingerprint density at radius 1 is 1.15 bits per heavy atom. The topological polar surface area (TPSA) is 52.6 Å². The maximum Gasteiger partial charge on any atom is 0.317 e. The second-order valence-electron chi connectivity index (χ2n) is 6.73. The van der Waals surface area contributed by atoms with Crippen molar-refractivity contribution in [2.75, 3.05) is 13.7 Å². The number of carbonyl (C=O) groups is 2. The van der Waals surface area contributed by atoms with Crippen molar-refractivity contribution in [3.05, 3.63) is 71.3 Å². The van der Waals surface area contributed by atoms with Crippen molar-refractivity contribution in [2.24, 2.45) is 5.92 Å². The lowest BCUT2D eigenvalue weighted by atomic mass is 9.73. The summed E-state index contributed by atoms with van der Waals surface area (Å²) < 4.78 is 10.7. The Morgan fingerprint density at radius 2 is 1.93 bits per heavy atom. The number of para-hydroxylation sites is 1.